The van der Waals surface area contributed by atoms with Crippen LogP contribution in [-0.2, 0) is 16.0 Å². The standard InChI is InChI=1S/C15H20N4O2S/c1-21-8-7-16-5-6-18-14(20)9-13-11-22-15(19-13)12-3-2-4-17-10-12/h2-4,10-11,16H,5-9H2,1H3,(H,18,20). The quantitative estimate of drug-likeness (QED) is 0.677. The Morgan fingerprint density at radius 2 is 2.27 bits per heavy atom. The van der Waals surface area contributed by atoms with Crippen molar-refractivity contribution in [3.05, 3.63) is 35.6 Å². The number of carbonyl (C=O) groups is 1. The number of nitrogens with one attached hydrogen (secondary N) is 2. The molecule has 118 valence electrons. The Hall–Kier alpha value is -1.83. The maximum atomic E-state index is 11.8. The highest BCUT2D eigenvalue weighted by atomic mass is 32.1. The van der Waals surface area contributed by atoms with Crippen molar-refractivity contribution < 1.29 is 9.53 Å². The minimum atomic E-state index is -0.0171. The third-order valence-corrected chi connectivity index (χ3v) is 3.85. The van der Waals surface area contributed by atoms with Crippen molar-refractivity contribution in [3.63, 3.8) is 0 Å². The van der Waals surface area contributed by atoms with Crippen LogP contribution in [0.25, 0.3) is 10.6 Å². The van der Waals surface area contributed by atoms with E-state index in [0.717, 1.165) is 29.4 Å². The molecule has 0 saturated carbocycles. The highest BCUT2D eigenvalue weighted by molar-refractivity contribution is 7.13. The monoisotopic (exact) mass is 320 g/mol. The lowest BCUT2D eigenvalue weighted by Crippen LogP contribution is -2.33. The van der Waals surface area contributed by atoms with Crippen LogP contribution >= 0.6 is 11.3 Å². The van der Waals surface area contributed by atoms with Gasteiger partial charge in [0.25, 0.3) is 0 Å². The lowest BCUT2D eigenvalue weighted by atomic mass is 10.3. The summed E-state index contributed by atoms with van der Waals surface area (Å²) in [6, 6.07) is 3.83. The summed E-state index contributed by atoms with van der Waals surface area (Å²) in [6.07, 6.45) is 3.80. The predicted octanol–water partition coefficient (Wildman–Crippen LogP) is 1.10. The maximum absolute atomic E-state index is 11.8. The smallest absolute Gasteiger partial charge is 0.226 e. The summed E-state index contributed by atoms with van der Waals surface area (Å²) in [4.78, 5) is 20.4. The Bertz CT molecular complexity index is 574. The van der Waals surface area contributed by atoms with Crippen molar-refractivity contribution in [1.29, 1.82) is 0 Å². The van der Waals surface area contributed by atoms with Crippen LogP contribution < -0.4 is 10.6 Å². The van der Waals surface area contributed by atoms with Gasteiger partial charge in [-0.3, -0.25) is 9.78 Å². The zero-order valence-corrected chi connectivity index (χ0v) is 13.4. The summed E-state index contributed by atoms with van der Waals surface area (Å²) >= 11 is 1.52. The van der Waals surface area contributed by atoms with Gasteiger partial charge in [0.2, 0.25) is 5.91 Å². The SMILES string of the molecule is COCCNCCNC(=O)Cc1csc(-c2cccnc2)n1. The van der Waals surface area contributed by atoms with Crippen molar-refractivity contribution in [2.45, 2.75) is 6.42 Å². The van der Waals surface area contributed by atoms with E-state index in [0.29, 0.717) is 19.6 Å². The van der Waals surface area contributed by atoms with Crippen LogP contribution in [0.1, 0.15) is 5.69 Å². The molecular formula is C15H20N4O2S. The molecule has 0 unspecified atom stereocenters. The van der Waals surface area contributed by atoms with E-state index >= 15 is 0 Å². The van der Waals surface area contributed by atoms with E-state index in [1.807, 2.05) is 17.5 Å². The second-order valence-corrected chi connectivity index (χ2v) is 5.51. The summed E-state index contributed by atoms with van der Waals surface area (Å²) in [6.45, 7) is 2.78. The average Bonchev–Trinajstić information content (AvgIpc) is 3.00. The topological polar surface area (TPSA) is 76.1 Å². The van der Waals surface area contributed by atoms with Crippen LogP contribution in [0.4, 0.5) is 0 Å². The number of aromatic nitrogens is 2. The third kappa shape index (κ3) is 5.51. The molecule has 7 heteroatoms. The number of hydrogen-bond donors (Lipinski definition) is 2. The molecule has 1 amide bonds. The molecule has 0 radical (unpaired) electrons. The van der Waals surface area contributed by atoms with E-state index in [2.05, 4.69) is 20.6 Å². The van der Waals surface area contributed by atoms with Crippen molar-refractivity contribution >= 4 is 17.2 Å². The normalized spacial score (nSPS) is 10.6. The van der Waals surface area contributed by atoms with Gasteiger partial charge in [-0.1, -0.05) is 0 Å². The Morgan fingerprint density at radius 3 is 3.05 bits per heavy atom. The fourth-order valence-electron chi connectivity index (χ4n) is 1.83. The Labute approximate surface area is 133 Å². The zero-order valence-electron chi connectivity index (χ0n) is 12.5. The molecule has 0 aromatic carbocycles. The summed E-state index contributed by atoms with van der Waals surface area (Å²) in [5.74, 6) is -0.0171. The molecule has 0 spiro atoms. The van der Waals surface area contributed by atoms with Gasteiger partial charge < -0.3 is 15.4 Å². The van der Waals surface area contributed by atoms with Crippen LogP contribution in [0.5, 0.6) is 0 Å². The van der Waals surface area contributed by atoms with E-state index in [1.54, 1.807) is 19.5 Å². The Morgan fingerprint density at radius 1 is 1.36 bits per heavy atom. The number of thiazole rings is 1. The molecule has 2 aromatic heterocycles. The second kappa shape index (κ2) is 9.24. The van der Waals surface area contributed by atoms with Crippen LogP contribution in [0.15, 0.2) is 29.9 Å². The van der Waals surface area contributed by atoms with Gasteiger partial charge in [-0.15, -0.1) is 11.3 Å². The number of rotatable bonds is 9. The van der Waals surface area contributed by atoms with Crippen LogP contribution in [0.2, 0.25) is 0 Å². The molecule has 0 aliphatic rings. The molecule has 0 bridgehead atoms. The van der Waals surface area contributed by atoms with Gasteiger partial charge >= 0.3 is 0 Å². The molecule has 0 aliphatic carbocycles. The van der Waals surface area contributed by atoms with Crippen molar-refractivity contribution in [2.75, 3.05) is 33.4 Å². The summed E-state index contributed by atoms with van der Waals surface area (Å²) < 4.78 is 4.93. The lowest BCUT2D eigenvalue weighted by Gasteiger charge is -2.05. The van der Waals surface area contributed by atoms with Crippen molar-refractivity contribution in [1.82, 2.24) is 20.6 Å². The first kappa shape index (κ1) is 16.5. The van der Waals surface area contributed by atoms with Gasteiger partial charge in [0.05, 0.1) is 18.7 Å². The molecule has 0 atom stereocenters. The van der Waals surface area contributed by atoms with Gasteiger partial charge in [-0.05, 0) is 12.1 Å². The molecule has 2 heterocycles. The van der Waals surface area contributed by atoms with E-state index in [1.165, 1.54) is 11.3 Å². The highest BCUT2D eigenvalue weighted by Gasteiger charge is 2.08. The Balaban J connectivity index is 1.72. The fraction of sp³-hybridized carbons (Fsp3) is 0.400. The molecule has 0 saturated heterocycles. The molecule has 2 N–H and O–H groups in total. The van der Waals surface area contributed by atoms with Gasteiger partial charge in [-0.25, -0.2) is 4.98 Å². The third-order valence-electron chi connectivity index (χ3n) is 2.91. The molecule has 6 nitrogen and oxygen atoms in total. The van der Waals surface area contributed by atoms with Gasteiger partial charge in [0, 0.05) is 50.1 Å². The number of hydrogen-bond acceptors (Lipinski definition) is 6. The number of carbonyl (C=O) groups excluding carboxylic acids is 1. The van der Waals surface area contributed by atoms with E-state index < -0.39 is 0 Å². The first-order valence-corrected chi connectivity index (χ1v) is 7.98. The number of pyridine rings is 1. The zero-order chi connectivity index (χ0) is 15.6. The summed E-state index contributed by atoms with van der Waals surface area (Å²) in [7, 11) is 1.66. The molecule has 22 heavy (non-hydrogen) atoms. The van der Waals surface area contributed by atoms with Gasteiger partial charge in [0.15, 0.2) is 0 Å². The number of methoxy groups -OCH3 is 1. The number of ether oxygens (including phenoxy) is 1. The largest absolute Gasteiger partial charge is 0.383 e. The molecular weight excluding hydrogens is 300 g/mol. The van der Waals surface area contributed by atoms with Crippen LogP contribution in [0, 0.1) is 0 Å². The van der Waals surface area contributed by atoms with Crippen LogP contribution in [-0.4, -0.2) is 49.2 Å². The van der Waals surface area contributed by atoms with Crippen molar-refractivity contribution in [2.24, 2.45) is 0 Å². The predicted molar refractivity (Wildman–Crippen MR) is 86.8 cm³/mol. The fourth-order valence-corrected chi connectivity index (χ4v) is 2.64. The first-order valence-electron chi connectivity index (χ1n) is 7.10. The molecule has 2 aromatic rings. The van der Waals surface area contributed by atoms with E-state index in [-0.39, 0.29) is 5.91 Å². The lowest BCUT2D eigenvalue weighted by molar-refractivity contribution is -0.120. The summed E-state index contributed by atoms with van der Waals surface area (Å²) in [5.41, 5.74) is 1.76. The summed E-state index contributed by atoms with van der Waals surface area (Å²) in [5, 5.41) is 8.84. The number of nitrogens with zero attached hydrogens (tertiary/aromatic N) is 2. The minimum Gasteiger partial charge on any atom is -0.383 e. The molecule has 0 fully saturated rings. The second-order valence-electron chi connectivity index (χ2n) is 4.66. The molecule has 0 aliphatic heterocycles. The first-order chi connectivity index (χ1) is 10.8. The van der Waals surface area contributed by atoms with Crippen LogP contribution in [0.3, 0.4) is 0 Å². The van der Waals surface area contributed by atoms with Gasteiger partial charge in [0.1, 0.15) is 5.01 Å². The molecule has 2 rings (SSSR count). The Kier molecular flexibility index (Phi) is 6.95. The van der Waals surface area contributed by atoms with Gasteiger partial charge in [-0.2, -0.15) is 0 Å². The van der Waals surface area contributed by atoms with Crippen molar-refractivity contribution in [3.8, 4) is 10.6 Å². The van der Waals surface area contributed by atoms with E-state index in [9.17, 15) is 4.79 Å². The van der Waals surface area contributed by atoms with E-state index in [4.69, 9.17) is 4.74 Å². The maximum Gasteiger partial charge on any atom is 0.226 e. The number of amides is 1. The average molecular weight is 320 g/mol. The highest BCUT2D eigenvalue weighted by Crippen LogP contribution is 2.22. The minimum absolute atomic E-state index is 0.0171.